The van der Waals surface area contributed by atoms with E-state index in [1.807, 2.05) is 25.2 Å². The van der Waals surface area contributed by atoms with E-state index in [2.05, 4.69) is 5.32 Å². The smallest absolute Gasteiger partial charge is 0.142 e. The summed E-state index contributed by atoms with van der Waals surface area (Å²) in [7, 11) is 3.43. The molecule has 0 unspecified atom stereocenters. The fourth-order valence-corrected chi connectivity index (χ4v) is 2.07. The van der Waals surface area contributed by atoms with Gasteiger partial charge in [-0.15, -0.1) is 0 Å². The maximum Gasteiger partial charge on any atom is 0.142 e. The molecule has 5 heteroatoms. The second-order valence-corrected chi connectivity index (χ2v) is 4.92. The third kappa shape index (κ3) is 4.09. The van der Waals surface area contributed by atoms with Crippen LogP contribution in [0.15, 0.2) is 36.4 Å². The molecule has 112 valence electrons. The van der Waals surface area contributed by atoms with Crippen LogP contribution in [0.4, 0.5) is 4.39 Å². The first-order chi connectivity index (χ1) is 10.1. The van der Waals surface area contributed by atoms with Gasteiger partial charge in [-0.05, 0) is 43.8 Å². The van der Waals surface area contributed by atoms with Crippen molar-refractivity contribution in [3.63, 3.8) is 0 Å². The van der Waals surface area contributed by atoms with Gasteiger partial charge in [0.1, 0.15) is 23.1 Å². The van der Waals surface area contributed by atoms with Crippen molar-refractivity contribution in [3.05, 3.63) is 52.8 Å². The number of methoxy groups -OCH3 is 1. The molecule has 0 saturated heterocycles. The Balaban J connectivity index is 2.30. The van der Waals surface area contributed by atoms with Crippen molar-refractivity contribution in [2.24, 2.45) is 0 Å². The summed E-state index contributed by atoms with van der Waals surface area (Å²) in [5.41, 5.74) is 0.758. The molecule has 0 spiro atoms. The zero-order chi connectivity index (χ0) is 15.2. The Kier molecular flexibility index (Phi) is 5.42. The van der Waals surface area contributed by atoms with Gasteiger partial charge in [-0.1, -0.05) is 17.7 Å². The van der Waals surface area contributed by atoms with Gasteiger partial charge in [0.25, 0.3) is 0 Å². The van der Waals surface area contributed by atoms with Gasteiger partial charge >= 0.3 is 0 Å². The van der Waals surface area contributed by atoms with Gasteiger partial charge in [0.2, 0.25) is 0 Å². The molecule has 0 aromatic heterocycles. The van der Waals surface area contributed by atoms with Crippen LogP contribution in [0.2, 0.25) is 5.02 Å². The van der Waals surface area contributed by atoms with Gasteiger partial charge < -0.3 is 14.8 Å². The predicted molar refractivity (Wildman–Crippen MR) is 82.1 cm³/mol. The van der Waals surface area contributed by atoms with Gasteiger partial charge in [-0.2, -0.15) is 0 Å². The van der Waals surface area contributed by atoms with Crippen LogP contribution in [0.3, 0.4) is 0 Å². The molecule has 3 nitrogen and oxygen atoms in total. The van der Waals surface area contributed by atoms with Crippen molar-refractivity contribution in [3.8, 4) is 17.2 Å². The van der Waals surface area contributed by atoms with E-state index in [-0.39, 0.29) is 5.02 Å². The lowest BCUT2D eigenvalue weighted by molar-refractivity contribution is 0.408. The summed E-state index contributed by atoms with van der Waals surface area (Å²) in [6.07, 6.45) is 0.643. The van der Waals surface area contributed by atoms with Crippen molar-refractivity contribution in [1.29, 1.82) is 0 Å². The lowest BCUT2D eigenvalue weighted by Crippen LogP contribution is -2.11. The molecule has 0 aliphatic heterocycles. The number of hydrogen-bond acceptors (Lipinski definition) is 3. The fourth-order valence-electron chi connectivity index (χ4n) is 1.91. The highest BCUT2D eigenvalue weighted by molar-refractivity contribution is 6.30. The van der Waals surface area contributed by atoms with Gasteiger partial charge in [0.15, 0.2) is 0 Å². The molecular formula is C16H17ClFNO2. The third-order valence-corrected chi connectivity index (χ3v) is 3.31. The molecule has 0 heterocycles. The monoisotopic (exact) mass is 309 g/mol. The fraction of sp³-hybridized carbons (Fsp3) is 0.250. The Morgan fingerprint density at radius 3 is 2.67 bits per heavy atom. The standard InChI is InChI=1S/C16H17ClFNO2/c1-19-7-6-11-8-15(18)14(17)10-16(11)21-13-5-3-4-12(9-13)20-2/h3-5,8-10,19H,6-7H2,1-2H3. The summed E-state index contributed by atoms with van der Waals surface area (Å²) < 4.78 is 24.6. The summed E-state index contributed by atoms with van der Waals surface area (Å²) in [5, 5.41) is 3.07. The summed E-state index contributed by atoms with van der Waals surface area (Å²) in [6.45, 7) is 0.718. The summed E-state index contributed by atoms with van der Waals surface area (Å²) >= 11 is 5.85. The van der Waals surface area contributed by atoms with E-state index in [1.165, 1.54) is 12.1 Å². The topological polar surface area (TPSA) is 30.5 Å². The van der Waals surface area contributed by atoms with Crippen LogP contribution in [0, 0.1) is 5.82 Å². The van der Waals surface area contributed by atoms with Gasteiger partial charge in [-0.25, -0.2) is 4.39 Å². The van der Waals surface area contributed by atoms with Crippen LogP contribution in [0.25, 0.3) is 0 Å². The molecule has 0 amide bonds. The second-order valence-electron chi connectivity index (χ2n) is 4.51. The Morgan fingerprint density at radius 2 is 1.95 bits per heavy atom. The largest absolute Gasteiger partial charge is 0.497 e. The predicted octanol–water partition coefficient (Wildman–Crippen LogP) is 4.04. The molecule has 0 radical (unpaired) electrons. The van der Waals surface area contributed by atoms with Crippen LogP contribution in [0.1, 0.15) is 5.56 Å². The summed E-state index contributed by atoms with van der Waals surface area (Å²) in [4.78, 5) is 0. The number of rotatable bonds is 6. The maximum absolute atomic E-state index is 13.6. The molecule has 0 atom stereocenters. The number of ether oxygens (including phenoxy) is 2. The first-order valence-corrected chi connectivity index (χ1v) is 6.96. The SMILES string of the molecule is CNCCc1cc(F)c(Cl)cc1Oc1cccc(OC)c1. The molecule has 2 rings (SSSR count). The molecule has 0 fully saturated rings. The lowest BCUT2D eigenvalue weighted by Gasteiger charge is -2.13. The number of halogens is 2. The van der Waals surface area contributed by atoms with Gasteiger partial charge in [0, 0.05) is 12.1 Å². The quantitative estimate of drug-likeness (QED) is 0.873. The average Bonchev–Trinajstić information content (AvgIpc) is 2.49. The number of benzene rings is 2. The number of likely N-dealkylation sites (N-methyl/N-ethyl adjacent to an activating group) is 1. The highest BCUT2D eigenvalue weighted by Crippen LogP contribution is 2.32. The Bertz CT molecular complexity index is 619. The Morgan fingerprint density at radius 1 is 1.19 bits per heavy atom. The zero-order valence-electron chi connectivity index (χ0n) is 12.0. The van der Waals surface area contributed by atoms with Crippen LogP contribution in [0.5, 0.6) is 17.2 Å². The van der Waals surface area contributed by atoms with E-state index < -0.39 is 5.82 Å². The first kappa shape index (κ1) is 15.6. The molecule has 2 aromatic carbocycles. The number of nitrogens with one attached hydrogen (secondary N) is 1. The third-order valence-electron chi connectivity index (χ3n) is 3.02. The van der Waals surface area contributed by atoms with Gasteiger partial charge in [-0.3, -0.25) is 0 Å². The van der Waals surface area contributed by atoms with Crippen molar-refractivity contribution < 1.29 is 13.9 Å². The van der Waals surface area contributed by atoms with E-state index in [0.29, 0.717) is 23.7 Å². The van der Waals surface area contributed by atoms with E-state index >= 15 is 0 Å². The minimum Gasteiger partial charge on any atom is -0.497 e. The average molecular weight is 310 g/mol. The normalized spacial score (nSPS) is 10.5. The Hall–Kier alpha value is -1.78. The minimum absolute atomic E-state index is 0.0427. The van der Waals surface area contributed by atoms with E-state index in [4.69, 9.17) is 21.1 Å². The van der Waals surface area contributed by atoms with E-state index in [9.17, 15) is 4.39 Å². The maximum atomic E-state index is 13.6. The van der Waals surface area contributed by atoms with E-state index in [0.717, 1.165) is 12.1 Å². The van der Waals surface area contributed by atoms with Crippen LogP contribution >= 0.6 is 11.6 Å². The lowest BCUT2D eigenvalue weighted by atomic mass is 10.1. The molecule has 0 aliphatic rings. The number of hydrogen-bond donors (Lipinski definition) is 1. The molecular weight excluding hydrogens is 293 g/mol. The van der Waals surface area contributed by atoms with E-state index in [1.54, 1.807) is 13.2 Å². The second kappa shape index (κ2) is 7.29. The molecule has 0 saturated carbocycles. The van der Waals surface area contributed by atoms with Crippen molar-refractivity contribution in [1.82, 2.24) is 5.32 Å². The van der Waals surface area contributed by atoms with Crippen molar-refractivity contribution in [2.45, 2.75) is 6.42 Å². The van der Waals surface area contributed by atoms with Crippen molar-refractivity contribution >= 4 is 11.6 Å². The first-order valence-electron chi connectivity index (χ1n) is 6.58. The molecule has 21 heavy (non-hydrogen) atoms. The molecule has 0 bridgehead atoms. The molecule has 0 aliphatic carbocycles. The molecule has 2 aromatic rings. The Labute approximate surface area is 128 Å². The van der Waals surface area contributed by atoms with Gasteiger partial charge in [0.05, 0.1) is 12.1 Å². The van der Waals surface area contributed by atoms with Crippen molar-refractivity contribution in [2.75, 3.05) is 20.7 Å². The van der Waals surface area contributed by atoms with Crippen LogP contribution in [-0.2, 0) is 6.42 Å². The highest BCUT2D eigenvalue weighted by atomic mass is 35.5. The minimum atomic E-state index is -0.444. The zero-order valence-corrected chi connectivity index (χ0v) is 12.7. The summed E-state index contributed by atoms with van der Waals surface area (Å²) in [6, 6.07) is 10.1. The van der Waals surface area contributed by atoms with Crippen LogP contribution in [-0.4, -0.2) is 20.7 Å². The summed E-state index contributed by atoms with van der Waals surface area (Å²) in [5.74, 6) is 1.41. The van der Waals surface area contributed by atoms with Crippen LogP contribution < -0.4 is 14.8 Å². The molecule has 1 N–H and O–H groups in total. The highest BCUT2D eigenvalue weighted by Gasteiger charge is 2.11.